The molecular formula is C30H32N10O4. The van der Waals surface area contributed by atoms with Crippen LogP contribution in [0, 0.1) is 0 Å². The van der Waals surface area contributed by atoms with Gasteiger partial charge in [-0.15, -0.1) is 5.10 Å². The normalized spacial score (nSPS) is 16.2. The van der Waals surface area contributed by atoms with Crippen molar-refractivity contribution in [2.75, 3.05) is 31.1 Å². The zero-order chi connectivity index (χ0) is 30.7. The summed E-state index contributed by atoms with van der Waals surface area (Å²) in [4.78, 5) is 59.6. The Kier molecular flexibility index (Phi) is 6.46. The highest BCUT2D eigenvalue weighted by molar-refractivity contribution is 6.02. The molecule has 2 amide bonds. The van der Waals surface area contributed by atoms with Gasteiger partial charge in [-0.25, -0.2) is 9.97 Å². The van der Waals surface area contributed by atoms with Crippen molar-refractivity contribution in [3.8, 4) is 11.4 Å². The molecule has 2 aliphatic heterocycles. The van der Waals surface area contributed by atoms with E-state index in [2.05, 4.69) is 20.1 Å². The zero-order valence-corrected chi connectivity index (χ0v) is 24.7. The molecule has 7 rings (SSSR count). The lowest BCUT2D eigenvalue weighted by Gasteiger charge is -2.36. The number of hydrogen-bond acceptors (Lipinski definition) is 9. The van der Waals surface area contributed by atoms with Crippen molar-refractivity contribution in [2.45, 2.75) is 45.9 Å². The van der Waals surface area contributed by atoms with Crippen molar-refractivity contribution >= 4 is 34.3 Å². The van der Waals surface area contributed by atoms with E-state index in [4.69, 9.17) is 15.5 Å². The summed E-state index contributed by atoms with van der Waals surface area (Å²) in [5, 5.41) is 4.62. The van der Waals surface area contributed by atoms with Crippen LogP contribution in [0.25, 0.3) is 28.2 Å². The van der Waals surface area contributed by atoms with Gasteiger partial charge in [0.25, 0.3) is 11.5 Å². The number of nitrogens with zero attached hydrogens (tertiary/aromatic N) is 8. The number of aromatic amines is 1. The van der Waals surface area contributed by atoms with Crippen molar-refractivity contribution in [2.24, 2.45) is 5.73 Å². The predicted molar refractivity (Wildman–Crippen MR) is 161 cm³/mol. The maximum atomic E-state index is 14.1. The van der Waals surface area contributed by atoms with Gasteiger partial charge in [0.2, 0.25) is 11.7 Å². The minimum atomic E-state index is -0.562. The summed E-state index contributed by atoms with van der Waals surface area (Å²) in [7, 11) is 0. The highest BCUT2D eigenvalue weighted by atomic mass is 16.5. The summed E-state index contributed by atoms with van der Waals surface area (Å²) in [5.74, 6) is -0.161. The number of piperazine rings is 1. The van der Waals surface area contributed by atoms with Crippen molar-refractivity contribution in [3.63, 3.8) is 0 Å². The second kappa shape index (κ2) is 10.3. The third-order valence-electron chi connectivity index (χ3n) is 8.50. The number of hydrogen-bond donors (Lipinski definition) is 2. The van der Waals surface area contributed by atoms with Gasteiger partial charge in [0.05, 0.1) is 35.3 Å². The fraction of sp³-hybridized carbons (Fsp3) is 0.367. The first kappa shape index (κ1) is 27.7. The summed E-state index contributed by atoms with van der Waals surface area (Å²) in [5.41, 5.74) is 10.5. The molecule has 0 saturated carbocycles. The Balaban J connectivity index is 1.25. The van der Waals surface area contributed by atoms with Crippen LogP contribution < -0.4 is 16.2 Å². The Bertz CT molecular complexity index is 2020. The highest BCUT2D eigenvalue weighted by Crippen LogP contribution is 2.37. The second-order valence-electron chi connectivity index (χ2n) is 11.6. The number of ether oxygens (including phenoxy) is 1. The summed E-state index contributed by atoms with van der Waals surface area (Å²) in [6, 6.07) is 7.65. The Morgan fingerprint density at radius 1 is 1.11 bits per heavy atom. The summed E-state index contributed by atoms with van der Waals surface area (Å²) < 4.78 is 8.86. The predicted octanol–water partition coefficient (Wildman–Crippen LogP) is 1.60. The molecule has 14 heteroatoms. The fourth-order valence-corrected chi connectivity index (χ4v) is 6.30. The number of aromatic nitrogens is 7. The first-order chi connectivity index (χ1) is 21.2. The Labute approximate surface area is 251 Å². The Hall–Kier alpha value is -5.11. The van der Waals surface area contributed by atoms with E-state index in [-0.39, 0.29) is 29.4 Å². The molecule has 0 atom stereocenters. The van der Waals surface area contributed by atoms with E-state index in [9.17, 15) is 14.4 Å². The van der Waals surface area contributed by atoms with Crippen molar-refractivity contribution in [3.05, 3.63) is 69.7 Å². The Morgan fingerprint density at radius 2 is 1.91 bits per heavy atom. The lowest BCUT2D eigenvalue weighted by molar-refractivity contribution is -0.118. The number of carbonyl (C=O) groups is 2. The Morgan fingerprint density at radius 3 is 2.66 bits per heavy atom. The van der Waals surface area contributed by atoms with E-state index in [1.807, 2.05) is 43.9 Å². The molecule has 0 aliphatic carbocycles. The molecule has 5 aromatic rings. The minimum absolute atomic E-state index is 0.164. The van der Waals surface area contributed by atoms with Crippen LogP contribution in [0.5, 0.6) is 0 Å². The van der Waals surface area contributed by atoms with Crippen LogP contribution in [-0.2, 0) is 34.7 Å². The van der Waals surface area contributed by atoms with Crippen LogP contribution in [0.3, 0.4) is 0 Å². The van der Waals surface area contributed by atoms with E-state index < -0.39 is 5.91 Å². The molecule has 0 unspecified atom stereocenters. The number of pyridine rings is 1. The number of rotatable bonds is 6. The number of nitrogens with one attached hydrogen (secondary N) is 1. The lowest BCUT2D eigenvalue weighted by atomic mass is 9.94. The van der Waals surface area contributed by atoms with Gasteiger partial charge in [0.15, 0.2) is 11.5 Å². The van der Waals surface area contributed by atoms with Crippen LogP contribution >= 0.6 is 0 Å². The first-order valence-electron chi connectivity index (χ1n) is 14.6. The largest absolute Gasteiger partial charge is 0.368 e. The van der Waals surface area contributed by atoms with Gasteiger partial charge in [0, 0.05) is 37.9 Å². The number of primary amides is 1. The minimum Gasteiger partial charge on any atom is -0.368 e. The lowest BCUT2D eigenvalue weighted by Crippen LogP contribution is -2.51. The van der Waals surface area contributed by atoms with Gasteiger partial charge in [-0.1, -0.05) is 19.1 Å². The fourth-order valence-electron chi connectivity index (χ4n) is 6.30. The highest BCUT2D eigenvalue weighted by Gasteiger charge is 2.32. The van der Waals surface area contributed by atoms with E-state index in [0.29, 0.717) is 73.1 Å². The molecule has 44 heavy (non-hydrogen) atoms. The smallest absolute Gasteiger partial charge is 0.299 e. The number of carbonyl (C=O) groups excluding carboxylic acids is 2. The van der Waals surface area contributed by atoms with Crippen molar-refractivity contribution < 1.29 is 14.3 Å². The molecule has 4 aromatic heterocycles. The summed E-state index contributed by atoms with van der Waals surface area (Å²) in [6.07, 6.45) is 3.56. The molecular weight excluding hydrogens is 564 g/mol. The van der Waals surface area contributed by atoms with Gasteiger partial charge < -0.3 is 29.8 Å². The quantitative estimate of drug-likeness (QED) is 0.296. The van der Waals surface area contributed by atoms with E-state index in [1.54, 1.807) is 21.7 Å². The third kappa shape index (κ3) is 4.40. The van der Waals surface area contributed by atoms with E-state index >= 15 is 0 Å². The maximum Gasteiger partial charge on any atom is 0.299 e. The van der Waals surface area contributed by atoms with Crippen LogP contribution in [0.2, 0.25) is 0 Å². The molecule has 0 radical (unpaired) electrons. The molecule has 14 nitrogen and oxygen atoms in total. The SMILES string of the molecule is CCc1c(N2CCN(C(=O)c3nccc4nc[nH]c34)CC2)c(=O)n2nc(-c3ccc4c(c3)COC4(C)C)nc2n1CC(N)=O. The molecule has 1 fully saturated rings. The van der Waals surface area contributed by atoms with Gasteiger partial charge in [-0.2, -0.15) is 9.50 Å². The number of nitrogens with two attached hydrogens (primary N) is 1. The number of benzene rings is 1. The zero-order valence-electron chi connectivity index (χ0n) is 24.7. The third-order valence-corrected chi connectivity index (χ3v) is 8.50. The number of imidazole rings is 1. The molecule has 226 valence electrons. The van der Waals surface area contributed by atoms with Gasteiger partial charge in [0.1, 0.15) is 12.2 Å². The molecule has 3 N–H and O–H groups in total. The molecule has 2 aliphatic rings. The molecule has 6 heterocycles. The van der Waals surface area contributed by atoms with E-state index in [0.717, 1.165) is 16.7 Å². The number of amides is 2. The van der Waals surface area contributed by atoms with Crippen LogP contribution in [0.4, 0.5) is 5.69 Å². The van der Waals surface area contributed by atoms with Gasteiger partial charge >= 0.3 is 0 Å². The molecule has 1 aromatic carbocycles. The molecule has 0 spiro atoms. The topological polar surface area (TPSA) is 170 Å². The molecule has 1 saturated heterocycles. The second-order valence-corrected chi connectivity index (χ2v) is 11.6. The summed E-state index contributed by atoms with van der Waals surface area (Å²) in [6.45, 7) is 7.83. The average Bonchev–Trinajstić information content (AvgIpc) is 3.75. The monoisotopic (exact) mass is 596 g/mol. The van der Waals surface area contributed by atoms with Crippen LogP contribution in [0.15, 0.2) is 41.6 Å². The van der Waals surface area contributed by atoms with Gasteiger partial charge in [-0.3, -0.25) is 14.4 Å². The van der Waals surface area contributed by atoms with Crippen molar-refractivity contribution in [1.29, 1.82) is 0 Å². The number of fused-ring (bicyclic) bond motifs is 3. The average molecular weight is 597 g/mol. The maximum absolute atomic E-state index is 14.1. The van der Waals surface area contributed by atoms with E-state index in [1.165, 1.54) is 10.8 Å². The van der Waals surface area contributed by atoms with Crippen LogP contribution in [-0.4, -0.2) is 77.0 Å². The van der Waals surface area contributed by atoms with Crippen molar-refractivity contribution in [1.82, 2.24) is 39.0 Å². The van der Waals surface area contributed by atoms with Crippen LogP contribution in [0.1, 0.15) is 48.1 Å². The standard InChI is InChI=1S/C30H32N10O4/c1-4-21-25(37-9-11-38(12-10-37)27(42)24-23-20(7-8-32-24)33-16-34-23)28(43)40-29(39(21)14-22(31)41)35-26(36-40)17-5-6-19-18(13-17)15-44-30(19,2)3/h5-8,13,16H,4,9-12,14-15H2,1-3H3,(H2,31,41)(H,33,34). The summed E-state index contributed by atoms with van der Waals surface area (Å²) >= 11 is 0. The van der Waals surface area contributed by atoms with Gasteiger partial charge in [-0.05, 0) is 43.5 Å². The number of H-pyrrole nitrogens is 1. The number of anilines is 1. The first-order valence-corrected chi connectivity index (χ1v) is 14.6. The molecule has 0 bridgehead atoms.